The van der Waals surface area contributed by atoms with Crippen molar-refractivity contribution in [3.8, 4) is 22.5 Å². The van der Waals surface area contributed by atoms with Gasteiger partial charge in [0, 0.05) is 31.7 Å². The predicted molar refractivity (Wildman–Crippen MR) is 224 cm³/mol. The lowest BCUT2D eigenvalue weighted by atomic mass is 9.96. The molecule has 324 valence electrons. The summed E-state index contributed by atoms with van der Waals surface area (Å²) in [5.74, 6) is -0.757. The van der Waals surface area contributed by atoms with Gasteiger partial charge in [0.1, 0.15) is 41.1 Å². The fraction of sp³-hybridized carbons (Fsp3) is 0.378. The zero-order valence-corrected chi connectivity index (χ0v) is 34.8. The van der Waals surface area contributed by atoms with Crippen LogP contribution in [0.3, 0.4) is 0 Å². The summed E-state index contributed by atoms with van der Waals surface area (Å²) in [6, 6.07) is 15.3. The number of hydrogen-bond acceptors (Lipinski definition) is 9. The summed E-state index contributed by atoms with van der Waals surface area (Å²) >= 11 is 0. The minimum atomic E-state index is -0.921. The monoisotopic (exact) mass is 849 g/mol. The van der Waals surface area contributed by atoms with Crippen molar-refractivity contribution in [1.29, 1.82) is 0 Å². The van der Waals surface area contributed by atoms with Crippen molar-refractivity contribution in [1.82, 2.24) is 40.4 Å². The van der Waals surface area contributed by atoms with Gasteiger partial charge >= 0.3 is 12.2 Å². The van der Waals surface area contributed by atoms with Crippen LogP contribution in [0.4, 0.5) is 24.1 Å². The van der Waals surface area contributed by atoms with Crippen molar-refractivity contribution >= 4 is 29.7 Å². The normalized spacial score (nSPS) is 18.2. The molecule has 15 nitrogen and oxygen atoms in total. The molecule has 2 aromatic heterocycles. The summed E-state index contributed by atoms with van der Waals surface area (Å²) in [4.78, 5) is 72.3. The number of imidazole rings is 2. The number of aromatic nitrogens is 4. The molecule has 4 unspecified atom stereocenters. The Kier molecular flexibility index (Phi) is 12.2. The van der Waals surface area contributed by atoms with Gasteiger partial charge in [-0.3, -0.25) is 9.59 Å². The Morgan fingerprint density at radius 1 is 0.758 bits per heavy atom. The molecule has 62 heavy (non-hydrogen) atoms. The molecule has 0 aliphatic carbocycles. The van der Waals surface area contributed by atoms with Gasteiger partial charge in [-0.25, -0.2) is 28.3 Å². The summed E-state index contributed by atoms with van der Waals surface area (Å²) in [5, 5.41) is 5.28. The zero-order chi connectivity index (χ0) is 43.5. The van der Waals surface area contributed by atoms with E-state index in [0.29, 0.717) is 74.8 Å². The summed E-state index contributed by atoms with van der Waals surface area (Å²) in [6.45, 7) is 3.49. The number of aromatic amines is 2. The molecular weight excluding hydrogens is 801 g/mol. The van der Waals surface area contributed by atoms with Crippen LogP contribution >= 0.6 is 0 Å². The number of anilines is 1. The number of rotatable bonds is 11. The maximum atomic E-state index is 15.9. The molecule has 4 N–H and O–H groups in total. The Morgan fingerprint density at radius 2 is 1.35 bits per heavy atom. The molecule has 3 aromatic carbocycles. The van der Waals surface area contributed by atoms with Crippen molar-refractivity contribution in [2.24, 2.45) is 0 Å². The van der Waals surface area contributed by atoms with Crippen LogP contribution in [0, 0.1) is 11.6 Å². The van der Waals surface area contributed by atoms with Crippen molar-refractivity contribution in [2.45, 2.75) is 76.2 Å². The van der Waals surface area contributed by atoms with Crippen LogP contribution in [0.5, 0.6) is 0 Å². The second kappa shape index (κ2) is 18.1. The van der Waals surface area contributed by atoms with Crippen molar-refractivity contribution in [3.05, 3.63) is 113 Å². The molecule has 4 amide bonds. The summed E-state index contributed by atoms with van der Waals surface area (Å²) in [7, 11) is 2.50. The highest BCUT2D eigenvalue weighted by atomic mass is 19.1. The fourth-order valence-corrected chi connectivity index (χ4v) is 8.88. The van der Waals surface area contributed by atoms with Gasteiger partial charge in [-0.05, 0) is 79.0 Å². The van der Waals surface area contributed by atoms with E-state index in [1.165, 1.54) is 32.5 Å². The number of H-pyrrole nitrogens is 2. The zero-order valence-electron chi connectivity index (χ0n) is 34.8. The maximum absolute atomic E-state index is 15.9. The number of benzene rings is 3. The molecule has 2 saturated heterocycles. The first kappa shape index (κ1) is 41.9. The van der Waals surface area contributed by atoms with Gasteiger partial charge in [0.05, 0.1) is 50.1 Å². The lowest BCUT2D eigenvalue weighted by molar-refractivity contribution is -0.135. The summed E-state index contributed by atoms with van der Waals surface area (Å²) < 4.78 is 41.3. The predicted octanol–water partition coefficient (Wildman–Crippen LogP) is 6.87. The van der Waals surface area contributed by atoms with Gasteiger partial charge in [0.2, 0.25) is 5.91 Å². The number of likely N-dealkylation sites (tertiary alicyclic amines) is 2. The first-order valence-corrected chi connectivity index (χ1v) is 20.9. The smallest absolute Gasteiger partial charge is 0.407 e. The van der Waals surface area contributed by atoms with Gasteiger partial charge in [0.15, 0.2) is 0 Å². The number of ether oxygens (including phenoxy) is 2. The molecular formula is C45H49F2N9O6. The lowest BCUT2D eigenvalue weighted by Crippen LogP contribution is -2.48. The third kappa shape index (κ3) is 8.43. The highest BCUT2D eigenvalue weighted by molar-refractivity contribution is 5.88. The minimum Gasteiger partial charge on any atom is -0.453 e. The number of fused-ring (bicyclic) bond motifs is 1. The lowest BCUT2D eigenvalue weighted by Gasteiger charge is -2.31. The Balaban J connectivity index is 0.940. The van der Waals surface area contributed by atoms with Crippen molar-refractivity contribution in [3.63, 3.8) is 0 Å². The number of carbonyl (C=O) groups excluding carboxylic acids is 4. The SMILES string of the molecule is CCC(NC(=O)OC)C(=O)N1CCCC1c1ncc(-c2cc(F)c(N3CCc4cc(-c5cnc(C6CCCN6C(=O)C(NC(=O)OC)c6ccccc6)[nH]5)ccc4C3)c(F)c2)[nH]1. The van der Waals surface area contributed by atoms with Gasteiger partial charge < -0.3 is 44.8 Å². The number of nitrogens with one attached hydrogen (secondary N) is 4. The summed E-state index contributed by atoms with van der Waals surface area (Å²) in [5.41, 5.74) is 4.92. The number of hydrogen-bond donors (Lipinski definition) is 4. The van der Waals surface area contributed by atoms with Crippen LogP contribution in [0.2, 0.25) is 0 Å². The van der Waals surface area contributed by atoms with Gasteiger partial charge in [-0.15, -0.1) is 0 Å². The largest absolute Gasteiger partial charge is 0.453 e. The van der Waals surface area contributed by atoms with Crippen LogP contribution in [0.1, 0.15) is 85.5 Å². The van der Waals surface area contributed by atoms with E-state index in [2.05, 4.69) is 41.4 Å². The Bertz CT molecular complexity index is 2440. The fourth-order valence-electron chi connectivity index (χ4n) is 8.88. The molecule has 5 heterocycles. The molecule has 3 aliphatic heterocycles. The molecule has 0 saturated carbocycles. The Hall–Kier alpha value is -6.78. The molecule has 4 atom stereocenters. The van der Waals surface area contributed by atoms with E-state index < -0.39 is 35.9 Å². The average molecular weight is 850 g/mol. The first-order chi connectivity index (χ1) is 30.1. The Morgan fingerprint density at radius 3 is 1.97 bits per heavy atom. The van der Waals surface area contributed by atoms with E-state index in [9.17, 15) is 19.2 Å². The molecule has 0 bridgehead atoms. The minimum absolute atomic E-state index is 0.107. The van der Waals surface area contributed by atoms with Gasteiger partial charge in [-0.1, -0.05) is 49.4 Å². The van der Waals surface area contributed by atoms with Crippen molar-refractivity contribution in [2.75, 3.05) is 38.8 Å². The molecule has 17 heteroatoms. The van der Waals surface area contributed by atoms with E-state index in [0.717, 1.165) is 35.2 Å². The van der Waals surface area contributed by atoms with Crippen LogP contribution < -0.4 is 15.5 Å². The number of methoxy groups -OCH3 is 2. The van der Waals surface area contributed by atoms with Gasteiger partial charge in [-0.2, -0.15) is 0 Å². The molecule has 3 aliphatic rings. The second-order valence-electron chi connectivity index (χ2n) is 15.8. The second-order valence-corrected chi connectivity index (χ2v) is 15.8. The average Bonchev–Trinajstić information content (AvgIpc) is 4.14. The van der Waals surface area contributed by atoms with E-state index in [4.69, 9.17) is 4.74 Å². The van der Waals surface area contributed by atoms with E-state index in [1.54, 1.807) is 40.0 Å². The highest BCUT2D eigenvalue weighted by Gasteiger charge is 2.38. The number of amides is 4. The molecule has 2 fully saturated rings. The third-order valence-corrected chi connectivity index (χ3v) is 12.1. The number of alkyl carbamates (subject to hydrolysis) is 2. The van der Waals surface area contributed by atoms with E-state index in [1.807, 2.05) is 30.3 Å². The third-order valence-electron chi connectivity index (χ3n) is 12.1. The van der Waals surface area contributed by atoms with E-state index >= 15 is 8.78 Å². The van der Waals surface area contributed by atoms with Crippen molar-refractivity contribution < 1.29 is 37.4 Å². The topological polar surface area (TPSA) is 178 Å². The van der Waals surface area contributed by atoms with Gasteiger partial charge in [0.25, 0.3) is 5.91 Å². The van der Waals surface area contributed by atoms with Crippen LogP contribution in [0.15, 0.2) is 73.1 Å². The number of nitrogens with zero attached hydrogens (tertiary/aromatic N) is 5. The molecule has 0 spiro atoms. The standard InChI is InChI=1S/C45H49F2N9O6/c1-4-33(52-44(59)61-2)42(57)55-17-8-12-36(55)40-49-24-35(51-40)30-21-31(46)39(32(47)22-30)54-19-16-27-20-28(14-15-29(27)25-54)34-23-48-41(50-34)37-13-9-18-56(37)43(58)38(53-45(60)62-3)26-10-6-5-7-11-26/h5-7,10-11,14-15,20-24,33,36-38H,4,8-9,12-13,16-19,25H2,1-3H3,(H,48,50)(H,49,51)(H,52,59)(H,53,60). The quantitative estimate of drug-likeness (QED) is 0.111. The first-order valence-electron chi connectivity index (χ1n) is 20.9. The molecule has 0 radical (unpaired) electrons. The molecule has 5 aromatic rings. The summed E-state index contributed by atoms with van der Waals surface area (Å²) in [6.07, 6.45) is 5.67. The van der Waals surface area contributed by atoms with Crippen LogP contribution in [-0.2, 0) is 32.0 Å². The van der Waals surface area contributed by atoms with Crippen LogP contribution in [-0.4, -0.2) is 93.6 Å². The van der Waals surface area contributed by atoms with E-state index in [-0.39, 0.29) is 35.1 Å². The maximum Gasteiger partial charge on any atom is 0.407 e. The number of carbonyl (C=O) groups is 4. The van der Waals surface area contributed by atoms with Crippen LogP contribution in [0.25, 0.3) is 22.5 Å². The number of halogens is 2. The highest BCUT2D eigenvalue weighted by Crippen LogP contribution is 2.37. The molecule has 8 rings (SSSR count). The Labute approximate surface area is 357 Å².